The molecule has 3 aromatic rings. The van der Waals surface area contributed by atoms with Crippen LogP contribution in [0.1, 0.15) is 27.0 Å². The number of Topliss-reactive ketones (excluding diaryl/α,β-unsaturated/α-hetero) is 1. The minimum atomic E-state index is -0.606. The number of ketones is 1. The number of hydrogen-bond donors (Lipinski definition) is 1. The predicted molar refractivity (Wildman–Crippen MR) is 104 cm³/mol. The van der Waals surface area contributed by atoms with Crippen LogP contribution < -0.4 is 5.32 Å². The summed E-state index contributed by atoms with van der Waals surface area (Å²) in [6, 6.07) is 16.9. The maximum absolute atomic E-state index is 14.1. The number of nitrogens with one attached hydrogen (secondary N) is 1. The first-order valence-corrected chi connectivity index (χ1v) is 8.83. The van der Waals surface area contributed by atoms with Crippen molar-refractivity contribution >= 4 is 17.4 Å². The third kappa shape index (κ3) is 5.10. The van der Waals surface area contributed by atoms with Gasteiger partial charge in [0.25, 0.3) is 5.91 Å². The van der Waals surface area contributed by atoms with E-state index in [0.717, 1.165) is 23.3 Å². The van der Waals surface area contributed by atoms with Crippen LogP contribution in [0.5, 0.6) is 0 Å². The van der Waals surface area contributed by atoms with Gasteiger partial charge in [0.2, 0.25) is 0 Å². The molecule has 142 valence electrons. The number of benzene rings is 3. The van der Waals surface area contributed by atoms with Crippen LogP contribution in [0.2, 0.25) is 0 Å². The second-order valence-corrected chi connectivity index (χ2v) is 6.66. The summed E-state index contributed by atoms with van der Waals surface area (Å²) in [5, 5.41) is 2.47. The molecule has 28 heavy (non-hydrogen) atoms. The predicted octanol–water partition coefficient (Wildman–Crippen LogP) is 4.88. The van der Waals surface area contributed by atoms with Gasteiger partial charge < -0.3 is 5.32 Å². The molecule has 0 atom stereocenters. The third-order valence-corrected chi connectivity index (χ3v) is 4.27. The minimum absolute atomic E-state index is 0.00646. The molecule has 0 fully saturated rings. The lowest BCUT2D eigenvalue weighted by Gasteiger charge is -2.09. The van der Waals surface area contributed by atoms with Crippen LogP contribution >= 0.6 is 0 Å². The van der Waals surface area contributed by atoms with Crippen LogP contribution in [0.25, 0.3) is 0 Å². The molecule has 0 saturated carbocycles. The van der Waals surface area contributed by atoms with E-state index in [9.17, 15) is 18.4 Å². The van der Waals surface area contributed by atoms with E-state index in [-0.39, 0.29) is 29.9 Å². The van der Waals surface area contributed by atoms with Crippen molar-refractivity contribution in [2.24, 2.45) is 0 Å². The number of amides is 1. The zero-order valence-electron chi connectivity index (χ0n) is 15.3. The second kappa shape index (κ2) is 8.57. The maximum Gasteiger partial charge on any atom is 0.255 e. The van der Waals surface area contributed by atoms with Gasteiger partial charge >= 0.3 is 0 Å². The number of rotatable bonds is 6. The van der Waals surface area contributed by atoms with Crippen molar-refractivity contribution in [1.29, 1.82) is 0 Å². The van der Waals surface area contributed by atoms with E-state index in [4.69, 9.17) is 0 Å². The van der Waals surface area contributed by atoms with E-state index in [1.165, 1.54) is 30.3 Å². The Morgan fingerprint density at radius 3 is 2.21 bits per heavy atom. The summed E-state index contributed by atoms with van der Waals surface area (Å²) in [4.78, 5) is 24.6. The van der Waals surface area contributed by atoms with Crippen molar-refractivity contribution in [3.8, 4) is 0 Å². The smallest absolute Gasteiger partial charge is 0.255 e. The van der Waals surface area contributed by atoms with Crippen molar-refractivity contribution in [2.45, 2.75) is 19.8 Å². The van der Waals surface area contributed by atoms with E-state index in [2.05, 4.69) is 5.32 Å². The van der Waals surface area contributed by atoms with Gasteiger partial charge in [0, 0.05) is 18.4 Å². The molecule has 3 nitrogen and oxygen atoms in total. The summed E-state index contributed by atoms with van der Waals surface area (Å²) in [6.45, 7) is 1.96. The van der Waals surface area contributed by atoms with Crippen LogP contribution in [0, 0.1) is 18.6 Å². The van der Waals surface area contributed by atoms with Gasteiger partial charge in [0.15, 0.2) is 0 Å². The summed E-state index contributed by atoms with van der Waals surface area (Å²) in [6.07, 6.45) is 0.421. The average Bonchev–Trinajstić information content (AvgIpc) is 2.65. The molecule has 0 aliphatic heterocycles. The molecule has 3 rings (SSSR count). The summed E-state index contributed by atoms with van der Waals surface area (Å²) < 4.78 is 27.0. The zero-order valence-corrected chi connectivity index (χ0v) is 15.3. The summed E-state index contributed by atoms with van der Waals surface area (Å²) >= 11 is 0. The molecule has 1 amide bonds. The Kier molecular flexibility index (Phi) is 5.94. The van der Waals surface area contributed by atoms with E-state index in [1.807, 2.05) is 31.2 Å². The summed E-state index contributed by atoms with van der Waals surface area (Å²) in [5.74, 6) is -1.63. The molecular formula is C23H19F2NO2. The van der Waals surface area contributed by atoms with Gasteiger partial charge in [0.05, 0.1) is 5.69 Å². The highest BCUT2D eigenvalue weighted by Gasteiger charge is 2.12. The van der Waals surface area contributed by atoms with Crippen LogP contribution in [-0.4, -0.2) is 11.7 Å². The Morgan fingerprint density at radius 1 is 0.857 bits per heavy atom. The van der Waals surface area contributed by atoms with Crippen molar-refractivity contribution in [2.75, 3.05) is 5.32 Å². The number of halogens is 2. The monoisotopic (exact) mass is 379 g/mol. The molecule has 3 aromatic carbocycles. The molecule has 0 unspecified atom stereocenters. The maximum atomic E-state index is 14.1. The molecular weight excluding hydrogens is 360 g/mol. The first-order chi connectivity index (χ1) is 13.4. The highest BCUT2D eigenvalue weighted by atomic mass is 19.1. The van der Waals surface area contributed by atoms with Gasteiger partial charge in [0.1, 0.15) is 17.4 Å². The number of aryl methyl sites for hydroxylation is 1. The van der Waals surface area contributed by atoms with Gasteiger partial charge in [-0.25, -0.2) is 8.78 Å². The Bertz CT molecular complexity index is 1010. The molecule has 0 bridgehead atoms. The average molecular weight is 379 g/mol. The normalized spacial score (nSPS) is 10.5. The lowest BCUT2D eigenvalue weighted by atomic mass is 10.0. The second-order valence-electron chi connectivity index (χ2n) is 6.66. The summed E-state index contributed by atoms with van der Waals surface area (Å²) in [5.41, 5.74) is 2.81. The minimum Gasteiger partial charge on any atom is -0.319 e. The van der Waals surface area contributed by atoms with Crippen LogP contribution in [0.15, 0.2) is 66.7 Å². The van der Waals surface area contributed by atoms with Crippen molar-refractivity contribution in [3.05, 3.63) is 101 Å². The Morgan fingerprint density at radius 2 is 1.54 bits per heavy atom. The number of carbonyl (C=O) groups excluding carboxylic acids is 2. The molecule has 5 heteroatoms. The van der Waals surface area contributed by atoms with Gasteiger partial charge in [-0.3, -0.25) is 9.59 Å². The fraction of sp³-hybridized carbons (Fsp3) is 0.130. The van der Waals surface area contributed by atoms with Gasteiger partial charge in [-0.1, -0.05) is 35.9 Å². The fourth-order valence-electron chi connectivity index (χ4n) is 2.91. The van der Waals surface area contributed by atoms with E-state index in [0.29, 0.717) is 5.56 Å². The molecule has 0 saturated heterocycles. The van der Waals surface area contributed by atoms with Gasteiger partial charge in [-0.2, -0.15) is 0 Å². The first kappa shape index (κ1) is 19.4. The highest BCUT2D eigenvalue weighted by Crippen LogP contribution is 2.19. The van der Waals surface area contributed by atoms with E-state index >= 15 is 0 Å². The van der Waals surface area contributed by atoms with Crippen LogP contribution in [0.3, 0.4) is 0 Å². The standard InChI is InChI=1S/C23H19F2NO2/c1-15-3-2-4-16(11-15)12-20(27)13-17-5-10-21(25)22(14-17)26-23(28)18-6-8-19(24)9-7-18/h2-11,14H,12-13H2,1H3,(H,26,28). The molecule has 0 spiro atoms. The number of hydrogen-bond acceptors (Lipinski definition) is 2. The first-order valence-electron chi connectivity index (χ1n) is 8.83. The Balaban J connectivity index is 1.69. The van der Waals surface area contributed by atoms with Gasteiger partial charge in [-0.15, -0.1) is 0 Å². The molecule has 0 aliphatic rings. The van der Waals surface area contributed by atoms with E-state index < -0.39 is 17.5 Å². The quantitative estimate of drug-likeness (QED) is 0.664. The highest BCUT2D eigenvalue weighted by molar-refractivity contribution is 6.04. The van der Waals surface area contributed by atoms with E-state index in [1.54, 1.807) is 0 Å². The van der Waals surface area contributed by atoms with Crippen LogP contribution in [0.4, 0.5) is 14.5 Å². The lowest BCUT2D eigenvalue weighted by molar-refractivity contribution is -0.117. The molecule has 0 radical (unpaired) electrons. The topological polar surface area (TPSA) is 46.2 Å². The zero-order chi connectivity index (χ0) is 20.1. The molecule has 0 aromatic heterocycles. The molecule has 0 aliphatic carbocycles. The summed E-state index contributed by atoms with van der Waals surface area (Å²) in [7, 11) is 0. The third-order valence-electron chi connectivity index (χ3n) is 4.27. The molecule has 1 N–H and O–H groups in total. The molecule has 0 heterocycles. The van der Waals surface area contributed by atoms with Crippen molar-refractivity contribution in [1.82, 2.24) is 0 Å². The SMILES string of the molecule is Cc1cccc(CC(=O)Cc2ccc(F)c(NC(=O)c3ccc(F)cc3)c2)c1. The van der Waals surface area contributed by atoms with Gasteiger partial charge in [-0.05, 0) is 54.4 Å². The fourth-order valence-corrected chi connectivity index (χ4v) is 2.91. The Labute approximate surface area is 162 Å². The largest absolute Gasteiger partial charge is 0.319 e. The van der Waals surface area contributed by atoms with Crippen molar-refractivity contribution < 1.29 is 18.4 Å². The van der Waals surface area contributed by atoms with Crippen molar-refractivity contribution in [3.63, 3.8) is 0 Å². The number of anilines is 1. The Hall–Kier alpha value is -3.34. The van der Waals surface area contributed by atoms with Crippen LogP contribution in [-0.2, 0) is 17.6 Å². The lowest BCUT2D eigenvalue weighted by Crippen LogP contribution is -2.14. The number of carbonyl (C=O) groups is 2.